The summed E-state index contributed by atoms with van der Waals surface area (Å²) in [6.45, 7) is -0.0303. The second kappa shape index (κ2) is 6.13. The second-order valence-corrected chi connectivity index (χ2v) is 4.83. The second-order valence-electron chi connectivity index (χ2n) is 4.83. The monoisotopic (exact) mass is 288 g/mol. The summed E-state index contributed by atoms with van der Waals surface area (Å²) in [6.07, 6.45) is 2.14. The third kappa shape index (κ3) is 3.63. The van der Waals surface area contributed by atoms with Crippen molar-refractivity contribution in [2.45, 2.75) is 18.9 Å². The van der Waals surface area contributed by atoms with E-state index < -0.39 is 36.1 Å². The summed E-state index contributed by atoms with van der Waals surface area (Å²) < 4.78 is 39.1. The summed E-state index contributed by atoms with van der Waals surface area (Å²) >= 11 is 0. The van der Waals surface area contributed by atoms with E-state index in [0.717, 1.165) is 25.0 Å². The maximum atomic E-state index is 13.1. The molecular weight excluding hydrogens is 273 g/mol. The first-order chi connectivity index (χ1) is 9.51. The Labute approximate surface area is 114 Å². The summed E-state index contributed by atoms with van der Waals surface area (Å²) in [5.74, 6) is -3.82. The van der Waals surface area contributed by atoms with Gasteiger partial charge in [0.15, 0.2) is 17.5 Å². The van der Waals surface area contributed by atoms with Gasteiger partial charge in [0.05, 0.1) is 12.6 Å². The summed E-state index contributed by atoms with van der Waals surface area (Å²) in [7, 11) is 0. The van der Waals surface area contributed by atoms with Gasteiger partial charge in [0, 0.05) is 6.54 Å². The van der Waals surface area contributed by atoms with E-state index in [-0.39, 0.29) is 5.56 Å². The SMILES string of the molecule is O=C(NCC1CC1)NC(CO)c1cc(F)c(F)c(F)c1. The molecule has 110 valence electrons. The third-order valence-electron chi connectivity index (χ3n) is 3.14. The van der Waals surface area contributed by atoms with Crippen molar-refractivity contribution in [3.05, 3.63) is 35.1 Å². The molecule has 1 aromatic rings. The van der Waals surface area contributed by atoms with Crippen molar-refractivity contribution >= 4 is 6.03 Å². The van der Waals surface area contributed by atoms with Crippen molar-refractivity contribution in [3.63, 3.8) is 0 Å². The first-order valence-electron chi connectivity index (χ1n) is 6.31. The zero-order chi connectivity index (χ0) is 14.7. The smallest absolute Gasteiger partial charge is 0.315 e. The molecule has 3 N–H and O–H groups in total. The Kier molecular flexibility index (Phi) is 4.49. The van der Waals surface area contributed by atoms with E-state index in [1.807, 2.05) is 0 Å². The third-order valence-corrected chi connectivity index (χ3v) is 3.14. The minimum atomic E-state index is -1.58. The van der Waals surface area contributed by atoms with E-state index in [1.54, 1.807) is 0 Å². The average Bonchev–Trinajstić information content (AvgIpc) is 3.23. The highest BCUT2D eigenvalue weighted by Gasteiger charge is 2.23. The number of aliphatic hydroxyl groups is 1. The van der Waals surface area contributed by atoms with Crippen LogP contribution in [0.5, 0.6) is 0 Å². The Morgan fingerprint density at radius 1 is 1.30 bits per heavy atom. The molecule has 0 radical (unpaired) electrons. The molecule has 1 aromatic carbocycles. The maximum Gasteiger partial charge on any atom is 0.315 e. The van der Waals surface area contributed by atoms with Crippen LogP contribution in [0.2, 0.25) is 0 Å². The van der Waals surface area contributed by atoms with Gasteiger partial charge in [-0.05, 0) is 36.5 Å². The van der Waals surface area contributed by atoms with Crippen LogP contribution in [-0.2, 0) is 0 Å². The van der Waals surface area contributed by atoms with Gasteiger partial charge in [0.2, 0.25) is 0 Å². The maximum absolute atomic E-state index is 13.1. The molecule has 1 saturated carbocycles. The van der Waals surface area contributed by atoms with Gasteiger partial charge in [-0.2, -0.15) is 0 Å². The minimum Gasteiger partial charge on any atom is -0.394 e. The number of urea groups is 1. The van der Waals surface area contributed by atoms with E-state index >= 15 is 0 Å². The van der Waals surface area contributed by atoms with Crippen molar-refractivity contribution in [1.29, 1.82) is 0 Å². The fraction of sp³-hybridized carbons (Fsp3) is 0.462. The van der Waals surface area contributed by atoms with Crippen LogP contribution < -0.4 is 10.6 Å². The van der Waals surface area contributed by atoms with Gasteiger partial charge in [0.25, 0.3) is 0 Å². The molecule has 1 aliphatic rings. The van der Waals surface area contributed by atoms with Crippen molar-refractivity contribution in [3.8, 4) is 0 Å². The minimum absolute atomic E-state index is 0.0366. The van der Waals surface area contributed by atoms with Crippen LogP contribution in [-0.4, -0.2) is 24.3 Å². The zero-order valence-electron chi connectivity index (χ0n) is 10.6. The molecule has 0 aromatic heterocycles. The Balaban J connectivity index is 2.01. The normalized spacial score (nSPS) is 15.8. The van der Waals surface area contributed by atoms with Gasteiger partial charge in [-0.1, -0.05) is 0 Å². The van der Waals surface area contributed by atoms with Gasteiger partial charge in [-0.25, -0.2) is 18.0 Å². The predicted octanol–water partition coefficient (Wildman–Crippen LogP) is 1.85. The van der Waals surface area contributed by atoms with Gasteiger partial charge in [0.1, 0.15) is 0 Å². The first kappa shape index (κ1) is 14.6. The zero-order valence-corrected chi connectivity index (χ0v) is 10.6. The number of halogens is 3. The Bertz CT molecular complexity index is 483. The van der Waals surface area contributed by atoms with Crippen LogP contribution in [0.1, 0.15) is 24.4 Å². The van der Waals surface area contributed by atoms with Crippen molar-refractivity contribution in [2.75, 3.05) is 13.2 Å². The van der Waals surface area contributed by atoms with Gasteiger partial charge < -0.3 is 15.7 Å². The number of rotatable bonds is 5. The molecule has 0 saturated heterocycles. The lowest BCUT2D eigenvalue weighted by molar-refractivity contribution is 0.216. The van der Waals surface area contributed by atoms with Gasteiger partial charge in [-0.3, -0.25) is 0 Å². The number of amides is 2. The average molecular weight is 288 g/mol. The quantitative estimate of drug-likeness (QED) is 0.724. The van der Waals surface area contributed by atoms with Gasteiger partial charge >= 0.3 is 6.03 Å². The van der Waals surface area contributed by atoms with E-state index in [1.165, 1.54) is 0 Å². The fourth-order valence-corrected chi connectivity index (χ4v) is 1.78. The van der Waals surface area contributed by atoms with Crippen molar-refractivity contribution in [1.82, 2.24) is 10.6 Å². The van der Waals surface area contributed by atoms with Crippen LogP contribution in [0, 0.1) is 23.4 Å². The van der Waals surface area contributed by atoms with E-state index in [4.69, 9.17) is 0 Å². The number of carbonyl (C=O) groups is 1. The highest BCUT2D eigenvalue weighted by atomic mass is 19.2. The topological polar surface area (TPSA) is 61.4 Å². The lowest BCUT2D eigenvalue weighted by Gasteiger charge is -2.17. The predicted molar refractivity (Wildman–Crippen MR) is 65.4 cm³/mol. The molecular formula is C13H15F3N2O2. The number of benzene rings is 1. The molecule has 0 heterocycles. The molecule has 2 amide bonds. The molecule has 1 aliphatic carbocycles. The molecule has 4 nitrogen and oxygen atoms in total. The van der Waals surface area contributed by atoms with E-state index in [9.17, 15) is 23.1 Å². The number of aliphatic hydroxyl groups excluding tert-OH is 1. The van der Waals surface area contributed by atoms with Crippen molar-refractivity contribution < 1.29 is 23.1 Å². The van der Waals surface area contributed by atoms with Crippen LogP contribution in [0.3, 0.4) is 0 Å². The number of carbonyl (C=O) groups excluding carboxylic acids is 1. The number of hydrogen-bond acceptors (Lipinski definition) is 2. The lowest BCUT2D eigenvalue weighted by Crippen LogP contribution is -2.40. The highest BCUT2D eigenvalue weighted by molar-refractivity contribution is 5.74. The molecule has 0 aliphatic heterocycles. The highest BCUT2D eigenvalue weighted by Crippen LogP contribution is 2.27. The summed E-state index contributed by atoms with van der Waals surface area (Å²) in [4.78, 5) is 11.6. The molecule has 1 atom stereocenters. The largest absolute Gasteiger partial charge is 0.394 e. The summed E-state index contributed by atoms with van der Waals surface area (Å²) in [6, 6.07) is -0.0408. The molecule has 0 spiro atoms. The molecule has 20 heavy (non-hydrogen) atoms. The fourth-order valence-electron chi connectivity index (χ4n) is 1.78. The van der Waals surface area contributed by atoms with Crippen LogP contribution in [0.15, 0.2) is 12.1 Å². The van der Waals surface area contributed by atoms with E-state index in [2.05, 4.69) is 10.6 Å². The van der Waals surface area contributed by atoms with Crippen LogP contribution in [0.4, 0.5) is 18.0 Å². The molecule has 0 bridgehead atoms. The Morgan fingerprint density at radius 2 is 1.90 bits per heavy atom. The number of hydrogen-bond donors (Lipinski definition) is 3. The van der Waals surface area contributed by atoms with Crippen LogP contribution >= 0.6 is 0 Å². The van der Waals surface area contributed by atoms with Gasteiger partial charge in [-0.15, -0.1) is 0 Å². The standard InChI is InChI=1S/C13H15F3N2O2/c14-9-3-8(4-10(15)12(9)16)11(6-19)18-13(20)17-5-7-1-2-7/h3-4,7,11,19H,1-2,5-6H2,(H2,17,18,20). The molecule has 2 rings (SSSR count). The summed E-state index contributed by atoms with van der Waals surface area (Å²) in [5, 5.41) is 14.2. The summed E-state index contributed by atoms with van der Waals surface area (Å²) in [5.41, 5.74) is -0.0366. The number of nitrogens with one attached hydrogen (secondary N) is 2. The Morgan fingerprint density at radius 3 is 2.40 bits per heavy atom. The Hall–Kier alpha value is -1.76. The lowest BCUT2D eigenvalue weighted by atomic mass is 10.1. The van der Waals surface area contributed by atoms with Crippen LogP contribution in [0.25, 0.3) is 0 Å². The molecule has 7 heteroatoms. The molecule has 1 unspecified atom stereocenters. The molecule has 1 fully saturated rings. The van der Waals surface area contributed by atoms with Crippen molar-refractivity contribution in [2.24, 2.45) is 5.92 Å². The van der Waals surface area contributed by atoms with E-state index in [0.29, 0.717) is 12.5 Å². The first-order valence-corrected chi connectivity index (χ1v) is 6.31.